The van der Waals surface area contributed by atoms with Crippen LogP contribution in [0.15, 0.2) is 35.4 Å². The molecule has 0 aromatic carbocycles. The number of nitrogens with one attached hydrogen (secondary N) is 3. The molecule has 4 N–H and O–H groups in total. The topological polar surface area (TPSA) is 135 Å². The molecule has 0 bridgehead atoms. The van der Waals surface area contributed by atoms with E-state index in [9.17, 15) is 14.7 Å². The van der Waals surface area contributed by atoms with E-state index in [0.29, 0.717) is 47.4 Å². The molecule has 5 rings (SSSR count). The first-order valence-corrected chi connectivity index (χ1v) is 12.5. The number of carbonyl (C=O) groups excluding carboxylic acids is 1. The maximum absolute atomic E-state index is 13.1. The van der Waals surface area contributed by atoms with Gasteiger partial charge in [0.05, 0.1) is 24.4 Å². The minimum atomic E-state index is -0.509. The van der Waals surface area contributed by atoms with Crippen LogP contribution in [0.3, 0.4) is 0 Å². The summed E-state index contributed by atoms with van der Waals surface area (Å²) in [4.78, 5) is 30.7. The summed E-state index contributed by atoms with van der Waals surface area (Å²) in [6, 6.07) is 4.96. The van der Waals surface area contributed by atoms with E-state index in [4.69, 9.17) is 4.74 Å². The molecule has 0 radical (unpaired) electrons. The molecule has 0 aliphatic heterocycles. The fourth-order valence-electron chi connectivity index (χ4n) is 5.13. The Bertz CT molecular complexity index is 1300. The molecule has 2 fully saturated rings. The van der Waals surface area contributed by atoms with E-state index in [1.165, 1.54) is 6.20 Å². The average Bonchev–Trinajstić information content (AvgIpc) is 3.32. The number of ether oxygens (including phenoxy) is 1. The highest BCUT2D eigenvalue weighted by Gasteiger charge is 2.31. The number of fused-ring (bicyclic) bond motifs is 1. The Kier molecular flexibility index (Phi) is 6.92. The first kappa shape index (κ1) is 24.3. The molecule has 2 aliphatic rings. The number of aliphatic hydroxyl groups excluding tert-OH is 1. The number of anilines is 3. The number of hydrogen-bond donors (Lipinski definition) is 4. The minimum absolute atomic E-state index is 0.212. The highest BCUT2D eigenvalue weighted by molar-refractivity contribution is 6.00. The van der Waals surface area contributed by atoms with Gasteiger partial charge >= 0.3 is 0 Å². The molecule has 11 heteroatoms. The number of methoxy groups -OCH3 is 1. The van der Waals surface area contributed by atoms with Crippen molar-refractivity contribution in [1.29, 1.82) is 0 Å². The molecule has 36 heavy (non-hydrogen) atoms. The zero-order chi connectivity index (χ0) is 25.2. The van der Waals surface area contributed by atoms with Gasteiger partial charge in [-0.2, -0.15) is 9.61 Å². The molecule has 3 aromatic rings. The predicted molar refractivity (Wildman–Crippen MR) is 136 cm³/mol. The van der Waals surface area contributed by atoms with Gasteiger partial charge in [-0.25, -0.2) is 4.98 Å². The van der Waals surface area contributed by atoms with E-state index in [0.717, 1.165) is 32.1 Å². The Labute approximate surface area is 208 Å². The van der Waals surface area contributed by atoms with Crippen molar-refractivity contribution in [1.82, 2.24) is 24.5 Å². The van der Waals surface area contributed by atoms with Crippen LogP contribution in [0.5, 0.6) is 0 Å². The zero-order valence-electron chi connectivity index (χ0n) is 20.6. The van der Waals surface area contributed by atoms with Crippen LogP contribution in [0.2, 0.25) is 0 Å². The molecule has 192 valence electrons. The largest absolute Gasteiger partial charge is 0.391 e. The number of hydrogen-bond acceptors (Lipinski definition) is 8. The highest BCUT2D eigenvalue weighted by atomic mass is 16.5. The minimum Gasteiger partial charge on any atom is -0.391 e. The third-order valence-electron chi connectivity index (χ3n) is 7.39. The van der Waals surface area contributed by atoms with Gasteiger partial charge in [-0.1, -0.05) is 6.42 Å². The quantitative estimate of drug-likeness (QED) is 0.374. The van der Waals surface area contributed by atoms with Gasteiger partial charge in [0, 0.05) is 33.0 Å². The molecule has 2 aliphatic carbocycles. The molecule has 2 saturated carbocycles. The maximum Gasteiger partial charge on any atom is 0.274 e. The van der Waals surface area contributed by atoms with Gasteiger partial charge < -0.3 is 30.4 Å². The van der Waals surface area contributed by atoms with Crippen LogP contribution in [0.25, 0.3) is 5.65 Å². The fourth-order valence-corrected chi connectivity index (χ4v) is 5.13. The van der Waals surface area contributed by atoms with Crippen molar-refractivity contribution in [2.24, 2.45) is 5.92 Å². The summed E-state index contributed by atoms with van der Waals surface area (Å²) >= 11 is 0. The smallest absolute Gasteiger partial charge is 0.274 e. The van der Waals surface area contributed by atoms with Crippen LogP contribution in [-0.2, 0) is 4.74 Å². The Morgan fingerprint density at radius 3 is 2.86 bits per heavy atom. The Morgan fingerprint density at radius 1 is 1.28 bits per heavy atom. The van der Waals surface area contributed by atoms with Gasteiger partial charge in [0.25, 0.3) is 11.5 Å². The van der Waals surface area contributed by atoms with Crippen molar-refractivity contribution >= 4 is 28.9 Å². The lowest BCUT2D eigenvalue weighted by molar-refractivity contribution is 0.0300. The lowest BCUT2D eigenvalue weighted by Crippen LogP contribution is -2.39. The normalized spacial score (nSPS) is 23.8. The van der Waals surface area contributed by atoms with E-state index < -0.39 is 6.10 Å². The van der Waals surface area contributed by atoms with Crippen LogP contribution in [0.4, 0.5) is 17.3 Å². The van der Waals surface area contributed by atoms with Gasteiger partial charge in [-0.05, 0) is 50.2 Å². The second-order valence-corrected chi connectivity index (χ2v) is 9.64. The van der Waals surface area contributed by atoms with Gasteiger partial charge in [0.1, 0.15) is 22.9 Å². The Morgan fingerprint density at radius 2 is 2.14 bits per heavy atom. The predicted octanol–water partition coefficient (Wildman–Crippen LogP) is 2.31. The number of amides is 1. The number of nitrogens with zero attached hydrogens (tertiary/aromatic N) is 4. The van der Waals surface area contributed by atoms with Crippen molar-refractivity contribution in [3.63, 3.8) is 0 Å². The van der Waals surface area contributed by atoms with Gasteiger partial charge in [0.2, 0.25) is 0 Å². The molecule has 1 unspecified atom stereocenters. The molecule has 11 nitrogen and oxygen atoms in total. The lowest BCUT2D eigenvalue weighted by Gasteiger charge is -2.34. The molecular formula is C25H33N7O4. The van der Waals surface area contributed by atoms with Crippen LogP contribution >= 0.6 is 0 Å². The van der Waals surface area contributed by atoms with E-state index in [2.05, 4.69) is 26.0 Å². The molecule has 3 heterocycles. The summed E-state index contributed by atoms with van der Waals surface area (Å²) in [5.74, 6) is 1.15. The van der Waals surface area contributed by atoms with Crippen molar-refractivity contribution < 1.29 is 14.6 Å². The van der Waals surface area contributed by atoms with Gasteiger partial charge in [-0.15, -0.1) is 0 Å². The number of rotatable bonds is 8. The number of carbonyl (C=O) groups is 1. The number of aliphatic hydroxyl groups is 1. The zero-order valence-corrected chi connectivity index (χ0v) is 20.6. The summed E-state index contributed by atoms with van der Waals surface area (Å²) < 4.78 is 8.63. The SMILES string of the molecule is CNc1cc(Nc2cccn([C@H]3CC[C@H]3O)c2=O)nc2c(C(=O)NCC3CCC[C@@H](OC)C3)cnn12. The molecule has 1 amide bonds. The second-order valence-electron chi connectivity index (χ2n) is 9.64. The summed E-state index contributed by atoms with van der Waals surface area (Å²) in [5, 5.41) is 23.6. The molecule has 0 spiro atoms. The Hall–Kier alpha value is -3.44. The van der Waals surface area contributed by atoms with Gasteiger partial charge in [-0.3, -0.25) is 9.59 Å². The summed E-state index contributed by atoms with van der Waals surface area (Å²) in [6.07, 6.45) is 8.56. The van der Waals surface area contributed by atoms with E-state index in [-0.39, 0.29) is 23.6 Å². The fraction of sp³-hybridized carbons (Fsp3) is 0.520. The third-order valence-corrected chi connectivity index (χ3v) is 7.39. The van der Waals surface area contributed by atoms with Crippen LogP contribution in [-0.4, -0.2) is 63.1 Å². The van der Waals surface area contributed by atoms with Crippen molar-refractivity contribution in [2.75, 3.05) is 31.3 Å². The number of pyridine rings is 1. The summed E-state index contributed by atoms with van der Waals surface area (Å²) in [6.45, 7) is 0.573. The maximum atomic E-state index is 13.1. The highest BCUT2D eigenvalue weighted by Crippen LogP contribution is 2.31. The third kappa shape index (κ3) is 4.68. The second kappa shape index (κ2) is 10.3. The van der Waals surface area contributed by atoms with Crippen molar-refractivity contribution in [3.05, 3.63) is 46.5 Å². The Balaban J connectivity index is 1.38. The van der Waals surface area contributed by atoms with Crippen molar-refractivity contribution in [3.8, 4) is 0 Å². The molecule has 0 saturated heterocycles. The molecule has 4 atom stereocenters. The van der Waals surface area contributed by atoms with E-state index in [1.54, 1.807) is 47.6 Å². The van der Waals surface area contributed by atoms with E-state index in [1.807, 2.05) is 0 Å². The first-order chi connectivity index (χ1) is 17.5. The molecule has 3 aromatic heterocycles. The lowest BCUT2D eigenvalue weighted by atomic mass is 9.87. The standard InChI is InChI=1S/C25H33N7O4/c1-26-22-12-21(29-18-7-4-10-31(25(18)35)19-8-9-20(19)33)30-23-17(14-28-32(22)23)24(34)27-13-15-5-3-6-16(11-15)36-2/h4,7,10,12,14-16,19-20,26,33H,3,5-6,8-9,11,13H2,1-2H3,(H,27,34)(H,29,30)/t15?,16-,19+,20-/m1/s1. The van der Waals surface area contributed by atoms with Crippen LogP contribution < -0.4 is 21.5 Å². The van der Waals surface area contributed by atoms with Crippen molar-refractivity contribution in [2.45, 2.75) is 56.8 Å². The number of aromatic nitrogens is 4. The summed E-state index contributed by atoms with van der Waals surface area (Å²) in [7, 11) is 3.49. The average molecular weight is 496 g/mol. The first-order valence-electron chi connectivity index (χ1n) is 12.5. The van der Waals surface area contributed by atoms with Crippen LogP contribution in [0.1, 0.15) is 54.9 Å². The monoisotopic (exact) mass is 495 g/mol. The molecular weight excluding hydrogens is 462 g/mol. The van der Waals surface area contributed by atoms with Gasteiger partial charge in [0.15, 0.2) is 5.65 Å². The van der Waals surface area contributed by atoms with E-state index >= 15 is 0 Å². The van der Waals surface area contributed by atoms with Crippen LogP contribution in [0, 0.1) is 5.92 Å². The summed E-state index contributed by atoms with van der Waals surface area (Å²) in [5.41, 5.74) is 0.844.